The Morgan fingerprint density at radius 1 is 1.16 bits per heavy atom. The fourth-order valence-electron chi connectivity index (χ4n) is 4.22. The van der Waals surface area contributed by atoms with Crippen LogP contribution in [-0.4, -0.2) is 16.8 Å². The lowest BCUT2D eigenvalue weighted by atomic mass is 9.81. The number of nitrogens with one attached hydrogen (secondary N) is 2. The van der Waals surface area contributed by atoms with Crippen molar-refractivity contribution in [1.29, 1.82) is 0 Å². The topological polar surface area (TPSA) is 84.2 Å². The second-order valence-corrected chi connectivity index (χ2v) is 8.88. The summed E-state index contributed by atoms with van der Waals surface area (Å²) in [6, 6.07) is 11.9. The number of thiazole rings is 1. The van der Waals surface area contributed by atoms with Crippen LogP contribution in [0.15, 0.2) is 52.5 Å². The van der Waals surface area contributed by atoms with Gasteiger partial charge in [0, 0.05) is 5.38 Å². The average Bonchev–Trinajstić information content (AvgIpc) is 3.41. The number of nitrogens with zero attached hydrogens (tertiary/aromatic N) is 1. The van der Waals surface area contributed by atoms with Crippen LogP contribution < -0.4 is 10.6 Å². The van der Waals surface area contributed by atoms with E-state index < -0.39 is 0 Å². The Morgan fingerprint density at radius 2 is 1.94 bits per heavy atom. The zero-order valence-corrected chi connectivity index (χ0v) is 18.4. The van der Waals surface area contributed by atoms with Crippen molar-refractivity contribution in [2.24, 2.45) is 5.92 Å². The Bertz CT molecular complexity index is 1020. The molecule has 6 nitrogen and oxygen atoms in total. The molecule has 7 heteroatoms. The second kappa shape index (κ2) is 9.92. The monoisotopic (exact) mass is 437 g/mol. The minimum Gasteiger partial charge on any atom is -0.469 e. The quantitative estimate of drug-likeness (QED) is 0.527. The molecule has 3 aromatic rings. The molecular weight excluding hydrogens is 410 g/mol. The van der Waals surface area contributed by atoms with E-state index in [-0.39, 0.29) is 24.3 Å². The van der Waals surface area contributed by atoms with Gasteiger partial charge in [-0.3, -0.25) is 14.9 Å². The lowest BCUT2D eigenvalue weighted by molar-refractivity contribution is -0.121. The maximum absolute atomic E-state index is 12.9. The molecule has 2 aromatic heterocycles. The first-order valence-corrected chi connectivity index (χ1v) is 11.6. The van der Waals surface area contributed by atoms with Crippen molar-refractivity contribution in [3.63, 3.8) is 0 Å². The van der Waals surface area contributed by atoms with Gasteiger partial charge in [0.15, 0.2) is 5.13 Å². The van der Waals surface area contributed by atoms with E-state index in [4.69, 9.17) is 4.42 Å². The smallest absolute Gasteiger partial charge is 0.260 e. The number of anilines is 1. The summed E-state index contributed by atoms with van der Waals surface area (Å²) in [5.41, 5.74) is 2.29. The minimum atomic E-state index is -0.266. The van der Waals surface area contributed by atoms with Crippen molar-refractivity contribution >= 4 is 28.3 Å². The van der Waals surface area contributed by atoms with Gasteiger partial charge in [-0.2, -0.15) is 0 Å². The average molecular weight is 438 g/mol. The number of rotatable bonds is 7. The van der Waals surface area contributed by atoms with Crippen LogP contribution in [0.25, 0.3) is 0 Å². The molecule has 0 saturated heterocycles. The lowest BCUT2D eigenvalue weighted by Crippen LogP contribution is -2.35. The normalized spacial score (nSPS) is 15.4. The first kappa shape index (κ1) is 21.3. The Morgan fingerprint density at radius 3 is 2.65 bits per heavy atom. The minimum absolute atomic E-state index is 0.0240. The number of benzene rings is 1. The summed E-state index contributed by atoms with van der Waals surface area (Å²) in [5.74, 6) is 0.707. The maximum atomic E-state index is 12.9. The van der Waals surface area contributed by atoms with Crippen molar-refractivity contribution in [3.05, 3.63) is 70.6 Å². The van der Waals surface area contributed by atoms with Crippen molar-refractivity contribution in [3.8, 4) is 0 Å². The number of furan rings is 1. The molecule has 1 aromatic carbocycles. The zero-order valence-electron chi connectivity index (χ0n) is 17.6. The van der Waals surface area contributed by atoms with E-state index in [2.05, 4.69) is 27.8 Å². The molecule has 1 aliphatic carbocycles. The molecule has 2 heterocycles. The maximum Gasteiger partial charge on any atom is 0.260 e. The van der Waals surface area contributed by atoms with Crippen LogP contribution >= 0.6 is 11.3 Å². The van der Waals surface area contributed by atoms with Gasteiger partial charge in [-0.15, -0.1) is 11.3 Å². The molecule has 1 saturated carbocycles. The molecule has 2 amide bonds. The molecule has 0 spiro atoms. The predicted molar refractivity (Wildman–Crippen MR) is 121 cm³/mol. The Labute approximate surface area is 186 Å². The molecule has 162 valence electrons. The van der Waals surface area contributed by atoms with Crippen LogP contribution in [0.1, 0.15) is 65.5 Å². The van der Waals surface area contributed by atoms with E-state index in [1.807, 2.05) is 23.6 Å². The van der Waals surface area contributed by atoms with Crippen molar-refractivity contribution in [2.45, 2.75) is 51.5 Å². The van der Waals surface area contributed by atoms with Crippen LogP contribution in [0.2, 0.25) is 0 Å². The summed E-state index contributed by atoms with van der Waals surface area (Å²) >= 11 is 1.31. The Kier molecular flexibility index (Phi) is 6.82. The van der Waals surface area contributed by atoms with Gasteiger partial charge in [0.1, 0.15) is 5.76 Å². The van der Waals surface area contributed by atoms with Crippen LogP contribution in [0.5, 0.6) is 0 Å². The standard InChI is InChI=1S/C24H27N3O3S/c1-16-20(12-13-30-16)23(29)27-24-25-19(15-31-24)14-21(28)26-22(17-8-4-2-5-9-17)18-10-6-3-7-11-18/h2,4-5,8-9,12-13,15,18,22H,3,6-7,10-11,14H2,1H3,(H,26,28)(H,25,27,29). The number of hydrogen-bond acceptors (Lipinski definition) is 5. The Balaban J connectivity index is 1.39. The highest BCUT2D eigenvalue weighted by molar-refractivity contribution is 7.14. The van der Waals surface area contributed by atoms with Crippen LogP contribution in [0.4, 0.5) is 5.13 Å². The summed E-state index contributed by atoms with van der Waals surface area (Å²) in [7, 11) is 0. The van der Waals surface area contributed by atoms with Gasteiger partial charge in [-0.25, -0.2) is 4.98 Å². The number of aromatic nitrogens is 1. The first-order valence-electron chi connectivity index (χ1n) is 10.7. The SMILES string of the molecule is Cc1occc1C(=O)Nc1nc(CC(=O)NC(c2ccccc2)C2CCCCC2)cs1. The Hall–Kier alpha value is -2.93. The molecule has 31 heavy (non-hydrogen) atoms. The second-order valence-electron chi connectivity index (χ2n) is 8.02. The molecular formula is C24H27N3O3S. The highest BCUT2D eigenvalue weighted by atomic mass is 32.1. The fourth-order valence-corrected chi connectivity index (χ4v) is 4.93. The summed E-state index contributed by atoms with van der Waals surface area (Å²) in [4.78, 5) is 29.6. The largest absolute Gasteiger partial charge is 0.469 e. The molecule has 2 N–H and O–H groups in total. The van der Waals surface area contributed by atoms with E-state index in [0.717, 1.165) is 18.4 Å². The van der Waals surface area contributed by atoms with Crippen molar-refractivity contribution in [1.82, 2.24) is 10.3 Å². The first-order chi connectivity index (χ1) is 15.1. The molecule has 0 radical (unpaired) electrons. The van der Waals surface area contributed by atoms with E-state index in [0.29, 0.717) is 28.1 Å². The molecule has 1 atom stereocenters. The zero-order chi connectivity index (χ0) is 21.6. The van der Waals surface area contributed by atoms with E-state index in [1.165, 1.54) is 36.9 Å². The van der Waals surface area contributed by atoms with E-state index in [9.17, 15) is 9.59 Å². The summed E-state index contributed by atoms with van der Waals surface area (Å²) in [6.45, 7) is 1.74. The number of carbonyl (C=O) groups is 2. The van der Waals surface area contributed by atoms with Gasteiger partial charge in [-0.1, -0.05) is 49.6 Å². The molecule has 1 aliphatic rings. The van der Waals surface area contributed by atoms with E-state index >= 15 is 0 Å². The van der Waals surface area contributed by atoms with E-state index in [1.54, 1.807) is 13.0 Å². The van der Waals surface area contributed by atoms with Crippen molar-refractivity contribution < 1.29 is 14.0 Å². The highest BCUT2D eigenvalue weighted by Gasteiger charge is 2.26. The molecule has 0 bridgehead atoms. The third kappa shape index (κ3) is 5.41. The van der Waals surface area contributed by atoms with Crippen LogP contribution in [-0.2, 0) is 11.2 Å². The van der Waals surface area contributed by atoms with Gasteiger partial charge < -0.3 is 9.73 Å². The molecule has 4 rings (SSSR count). The van der Waals surface area contributed by atoms with Gasteiger partial charge in [0.05, 0.1) is 30.0 Å². The highest BCUT2D eigenvalue weighted by Crippen LogP contribution is 2.34. The molecule has 1 unspecified atom stereocenters. The van der Waals surface area contributed by atoms with Gasteiger partial charge in [-0.05, 0) is 37.3 Å². The third-order valence-corrected chi connectivity index (χ3v) is 6.62. The summed E-state index contributed by atoms with van der Waals surface area (Å²) < 4.78 is 5.17. The fraction of sp³-hybridized carbons (Fsp3) is 0.375. The third-order valence-electron chi connectivity index (χ3n) is 5.81. The van der Waals surface area contributed by atoms with Gasteiger partial charge in [0.25, 0.3) is 5.91 Å². The number of aryl methyl sites for hydroxylation is 1. The number of amides is 2. The molecule has 1 fully saturated rings. The summed E-state index contributed by atoms with van der Waals surface area (Å²) in [5, 5.41) is 8.32. The van der Waals surface area contributed by atoms with Gasteiger partial charge >= 0.3 is 0 Å². The van der Waals surface area contributed by atoms with Crippen LogP contribution in [0.3, 0.4) is 0 Å². The predicted octanol–water partition coefficient (Wildman–Crippen LogP) is 5.28. The van der Waals surface area contributed by atoms with Gasteiger partial charge in [0.2, 0.25) is 5.91 Å². The van der Waals surface area contributed by atoms with Crippen LogP contribution in [0, 0.1) is 12.8 Å². The number of carbonyl (C=O) groups excluding carboxylic acids is 2. The molecule has 0 aliphatic heterocycles. The number of hydrogen-bond donors (Lipinski definition) is 2. The van der Waals surface area contributed by atoms with Crippen molar-refractivity contribution in [2.75, 3.05) is 5.32 Å². The lowest BCUT2D eigenvalue weighted by Gasteiger charge is -2.31. The summed E-state index contributed by atoms with van der Waals surface area (Å²) in [6.07, 6.45) is 7.66.